The Morgan fingerprint density at radius 3 is 2.47 bits per heavy atom. The van der Waals surface area contributed by atoms with E-state index in [4.69, 9.17) is 14.2 Å². The SMILES string of the molecule is COC(=O)[C@H]1OC(C)(C)O[C@H]1c1ccccc1. The highest BCUT2D eigenvalue weighted by molar-refractivity contribution is 5.76. The second kappa shape index (κ2) is 4.47. The molecule has 4 nitrogen and oxygen atoms in total. The highest BCUT2D eigenvalue weighted by Gasteiger charge is 2.46. The molecule has 1 aliphatic rings. The summed E-state index contributed by atoms with van der Waals surface area (Å²) in [6.45, 7) is 3.57. The van der Waals surface area contributed by atoms with Gasteiger partial charge in [0.15, 0.2) is 11.9 Å². The molecule has 0 bridgehead atoms. The third kappa shape index (κ3) is 2.48. The molecule has 1 heterocycles. The second-order valence-corrected chi connectivity index (χ2v) is 4.41. The number of benzene rings is 1. The fourth-order valence-electron chi connectivity index (χ4n) is 1.94. The molecule has 2 rings (SSSR count). The topological polar surface area (TPSA) is 44.8 Å². The minimum Gasteiger partial charge on any atom is -0.467 e. The van der Waals surface area contributed by atoms with Crippen LogP contribution in [0.1, 0.15) is 25.5 Å². The fourth-order valence-corrected chi connectivity index (χ4v) is 1.94. The second-order valence-electron chi connectivity index (χ2n) is 4.41. The summed E-state index contributed by atoms with van der Waals surface area (Å²) >= 11 is 0. The van der Waals surface area contributed by atoms with Crippen LogP contribution in [0.5, 0.6) is 0 Å². The molecule has 0 radical (unpaired) electrons. The van der Waals surface area contributed by atoms with E-state index in [0.29, 0.717) is 0 Å². The van der Waals surface area contributed by atoms with Crippen LogP contribution in [-0.2, 0) is 19.0 Å². The largest absolute Gasteiger partial charge is 0.467 e. The van der Waals surface area contributed by atoms with E-state index in [1.807, 2.05) is 30.3 Å². The lowest BCUT2D eigenvalue weighted by molar-refractivity contribution is -0.168. The summed E-state index contributed by atoms with van der Waals surface area (Å²) < 4.78 is 16.1. The number of hydrogen-bond acceptors (Lipinski definition) is 4. The Hall–Kier alpha value is -1.39. The molecule has 92 valence electrons. The van der Waals surface area contributed by atoms with Crippen molar-refractivity contribution in [3.8, 4) is 0 Å². The van der Waals surface area contributed by atoms with E-state index < -0.39 is 24.0 Å². The predicted molar refractivity (Wildman–Crippen MR) is 61.2 cm³/mol. The summed E-state index contributed by atoms with van der Waals surface area (Å²) in [5, 5.41) is 0. The third-order valence-corrected chi connectivity index (χ3v) is 2.66. The van der Waals surface area contributed by atoms with Crippen LogP contribution < -0.4 is 0 Å². The molecule has 0 unspecified atom stereocenters. The van der Waals surface area contributed by atoms with E-state index in [0.717, 1.165) is 5.56 Å². The minimum atomic E-state index is -0.778. The van der Waals surface area contributed by atoms with Crippen LogP contribution >= 0.6 is 0 Å². The molecule has 0 spiro atoms. The van der Waals surface area contributed by atoms with Gasteiger partial charge in [0.05, 0.1) is 7.11 Å². The fraction of sp³-hybridized carbons (Fsp3) is 0.462. The lowest BCUT2D eigenvalue weighted by Gasteiger charge is -2.16. The Balaban J connectivity index is 2.28. The predicted octanol–water partition coefficient (Wildman–Crippen LogP) is 2.05. The summed E-state index contributed by atoms with van der Waals surface area (Å²) in [5.41, 5.74) is 0.911. The Kier molecular flexibility index (Phi) is 3.17. The van der Waals surface area contributed by atoms with Crippen molar-refractivity contribution in [2.75, 3.05) is 7.11 Å². The molecule has 1 aromatic carbocycles. The van der Waals surface area contributed by atoms with Crippen LogP contribution in [0.3, 0.4) is 0 Å². The minimum absolute atomic E-state index is 0.413. The van der Waals surface area contributed by atoms with Gasteiger partial charge in [-0.05, 0) is 19.4 Å². The monoisotopic (exact) mass is 236 g/mol. The van der Waals surface area contributed by atoms with Gasteiger partial charge in [0.2, 0.25) is 0 Å². The van der Waals surface area contributed by atoms with Gasteiger partial charge in [-0.1, -0.05) is 30.3 Å². The van der Waals surface area contributed by atoms with Gasteiger partial charge in [0.25, 0.3) is 0 Å². The normalized spacial score (nSPS) is 26.8. The first kappa shape index (κ1) is 12.1. The summed E-state index contributed by atoms with van der Waals surface area (Å²) in [6, 6.07) is 9.53. The van der Waals surface area contributed by atoms with Crippen LogP contribution in [0, 0.1) is 0 Å². The van der Waals surface area contributed by atoms with Crippen LogP contribution in [0.25, 0.3) is 0 Å². The quantitative estimate of drug-likeness (QED) is 0.737. The number of rotatable bonds is 2. The van der Waals surface area contributed by atoms with Crippen LogP contribution in [0.15, 0.2) is 30.3 Å². The van der Waals surface area contributed by atoms with Crippen molar-refractivity contribution in [1.82, 2.24) is 0 Å². The smallest absolute Gasteiger partial charge is 0.338 e. The van der Waals surface area contributed by atoms with Gasteiger partial charge in [-0.3, -0.25) is 0 Å². The van der Waals surface area contributed by atoms with E-state index >= 15 is 0 Å². The molecule has 1 saturated heterocycles. The maximum absolute atomic E-state index is 11.7. The molecule has 4 heteroatoms. The van der Waals surface area contributed by atoms with E-state index in [-0.39, 0.29) is 0 Å². The van der Waals surface area contributed by atoms with Crippen molar-refractivity contribution in [2.24, 2.45) is 0 Å². The Bertz CT molecular complexity index is 399. The number of methoxy groups -OCH3 is 1. The maximum atomic E-state index is 11.7. The molecule has 1 aromatic rings. The number of esters is 1. The Morgan fingerprint density at radius 2 is 1.88 bits per heavy atom. The van der Waals surface area contributed by atoms with Crippen molar-refractivity contribution in [1.29, 1.82) is 0 Å². The van der Waals surface area contributed by atoms with Crippen molar-refractivity contribution in [3.05, 3.63) is 35.9 Å². The maximum Gasteiger partial charge on any atom is 0.338 e. The van der Waals surface area contributed by atoms with Crippen LogP contribution in [0.4, 0.5) is 0 Å². The van der Waals surface area contributed by atoms with Gasteiger partial charge in [0.1, 0.15) is 6.10 Å². The van der Waals surface area contributed by atoms with E-state index in [1.54, 1.807) is 13.8 Å². The molecule has 0 aliphatic carbocycles. The van der Waals surface area contributed by atoms with E-state index in [1.165, 1.54) is 7.11 Å². The van der Waals surface area contributed by atoms with Crippen molar-refractivity contribution >= 4 is 5.97 Å². The standard InChI is InChI=1S/C13H16O4/c1-13(2)16-10(9-7-5-4-6-8-9)11(17-13)12(14)15-3/h4-8,10-11H,1-3H3/t10-,11-/m0/s1. The average Bonchev–Trinajstić information content (AvgIpc) is 2.65. The molecule has 0 saturated carbocycles. The molecule has 2 atom stereocenters. The zero-order chi connectivity index (χ0) is 12.5. The number of carbonyl (C=O) groups is 1. The van der Waals surface area contributed by atoms with Crippen molar-refractivity contribution < 1.29 is 19.0 Å². The first-order valence-corrected chi connectivity index (χ1v) is 5.52. The number of carbonyl (C=O) groups excluding carboxylic acids is 1. The molecule has 1 aliphatic heterocycles. The first-order chi connectivity index (χ1) is 8.03. The van der Waals surface area contributed by atoms with Crippen LogP contribution in [0.2, 0.25) is 0 Å². The van der Waals surface area contributed by atoms with Crippen molar-refractivity contribution in [3.63, 3.8) is 0 Å². The lowest BCUT2D eigenvalue weighted by atomic mass is 10.0. The average molecular weight is 236 g/mol. The molecular weight excluding hydrogens is 220 g/mol. The van der Waals surface area contributed by atoms with Crippen molar-refractivity contribution in [2.45, 2.75) is 31.8 Å². The zero-order valence-corrected chi connectivity index (χ0v) is 10.2. The molecule has 0 amide bonds. The molecular formula is C13H16O4. The third-order valence-electron chi connectivity index (χ3n) is 2.66. The molecule has 1 fully saturated rings. The summed E-state index contributed by atoms with van der Waals surface area (Å²) in [7, 11) is 1.35. The van der Waals surface area contributed by atoms with Gasteiger partial charge >= 0.3 is 5.97 Å². The first-order valence-electron chi connectivity index (χ1n) is 5.52. The Labute approximate surface area is 100 Å². The Morgan fingerprint density at radius 1 is 1.24 bits per heavy atom. The lowest BCUT2D eigenvalue weighted by Crippen LogP contribution is -2.28. The van der Waals surface area contributed by atoms with Gasteiger partial charge in [-0.25, -0.2) is 4.79 Å². The highest BCUT2D eigenvalue weighted by Crippen LogP contribution is 2.38. The van der Waals surface area contributed by atoms with Crippen LogP contribution in [-0.4, -0.2) is 25.0 Å². The van der Waals surface area contributed by atoms with E-state index in [9.17, 15) is 4.79 Å². The molecule has 0 aromatic heterocycles. The molecule has 17 heavy (non-hydrogen) atoms. The summed E-state index contributed by atoms with van der Waals surface area (Å²) in [6.07, 6.45) is -1.13. The zero-order valence-electron chi connectivity index (χ0n) is 10.2. The van der Waals surface area contributed by atoms with Gasteiger partial charge in [0, 0.05) is 0 Å². The highest BCUT2D eigenvalue weighted by atomic mass is 16.8. The number of hydrogen-bond donors (Lipinski definition) is 0. The molecule has 0 N–H and O–H groups in total. The number of ether oxygens (including phenoxy) is 3. The summed E-state index contributed by atoms with van der Waals surface area (Å²) in [5.74, 6) is -1.19. The van der Waals surface area contributed by atoms with Gasteiger partial charge < -0.3 is 14.2 Å². The summed E-state index contributed by atoms with van der Waals surface area (Å²) in [4.78, 5) is 11.7. The van der Waals surface area contributed by atoms with Gasteiger partial charge in [-0.2, -0.15) is 0 Å². The van der Waals surface area contributed by atoms with Gasteiger partial charge in [-0.15, -0.1) is 0 Å². The van der Waals surface area contributed by atoms with E-state index in [2.05, 4.69) is 0 Å².